The van der Waals surface area contributed by atoms with E-state index in [1.54, 1.807) is 7.05 Å². The van der Waals surface area contributed by atoms with Crippen LogP contribution >= 0.6 is 0 Å². The third-order valence-corrected chi connectivity index (χ3v) is 4.04. The number of nitrogens with one attached hydrogen (secondary N) is 2. The minimum absolute atomic E-state index is 0.399. The highest BCUT2D eigenvalue weighted by molar-refractivity contribution is 5.74. The number of aromatic amines is 1. The van der Waals surface area contributed by atoms with E-state index in [0.717, 1.165) is 18.4 Å². The summed E-state index contributed by atoms with van der Waals surface area (Å²) in [6, 6.07) is 9.97. The first-order chi connectivity index (χ1) is 11.6. The number of H-pyrrole nitrogens is 1. The molecule has 7 heteroatoms. The Labute approximate surface area is 139 Å². The zero-order chi connectivity index (χ0) is 17.1. The SMILES string of the molecule is CCCCn1c(NCc2ccccc2)nc2c1c(=O)[nH]c(=O)n2C. The summed E-state index contributed by atoms with van der Waals surface area (Å²) in [5.41, 5.74) is 1.10. The van der Waals surface area contributed by atoms with Crippen molar-refractivity contribution in [2.45, 2.75) is 32.9 Å². The van der Waals surface area contributed by atoms with Gasteiger partial charge in [0.1, 0.15) is 0 Å². The monoisotopic (exact) mass is 327 g/mol. The quantitative estimate of drug-likeness (QED) is 0.723. The average Bonchev–Trinajstić information content (AvgIpc) is 2.96. The molecule has 0 radical (unpaired) electrons. The van der Waals surface area contributed by atoms with Crippen LogP contribution < -0.4 is 16.6 Å². The normalized spacial score (nSPS) is 11.1. The van der Waals surface area contributed by atoms with Crippen molar-refractivity contribution in [1.82, 2.24) is 19.1 Å². The lowest BCUT2D eigenvalue weighted by molar-refractivity contribution is 0.646. The first kappa shape index (κ1) is 16.0. The van der Waals surface area contributed by atoms with Gasteiger partial charge in [-0.1, -0.05) is 43.7 Å². The molecule has 0 aliphatic carbocycles. The summed E-state index contributed by atoms with van der Waals surface area (Å²) in [4.78, 5) is 30.9. The van der Waals surface area contributed by atoms with Gasteiger partial charge < -0.3 is 9.88 Å². The van der Waals surface area contributed by atoms with Crippen LogP contribution in [0.5, 0.6) is 0 Å². The Morgan fingerprint density at radius 2 is 1.96 bits per heavy atom. The van der Waals surface area contributed by atoms with Crippen LogP contribution in [-0.2, 0) is 20.1 Å². The van der Waals surface area contributed by atoms with Crippen molar-refractivity contribution >= 4 is 17.1 Å². The van der Waals surface area contributed by atoms with Gasteiger partial charge in [-0.25, -0.2) is 4.79 Å². The van der Waals surface area contributed by atoms with E-state index in [1.807, 2.05) is 34.9 Å². The van der Waals surface area contributed by atoms with Gasteiger partial charge in [-0.05, 0) is 12.0 Å². The molecule has 0 spiro atoms. The van der Waals surface area contributed by atoms with E-state index in [-0.39, 0.29) is 0 Å². The van der Waals surface area contributed by atoms with Gasteiger partial charge in [-0.2, -0.15) is 4.98 Å². The van der Waals surface area contributed by atoms with Crippen molar-refractivity contribution in [1.29, 1.82) is 0 Å². The topological polar surface area (TPSA) is 84.7 Å². The van der Waals surface area contributed by atoms with Gasteiger partial charge in [-0.15, -0.1) is 0 Å². The maximum absolute atomic E-state index is 12.3. The lowest BCUT2D eigenvalue weighted by Crippen LogP contribution is -2.29. The molecule has 2 heterocycles. The summed E-state index contributed by atoms with van der Waals surface area (Å²) >= 11 is 0. The fourth-order valence-corrected chi connectivity index (χ4v) is 2.68. The van der Waals surface area contributed by atoms with Crippen LogP contribution in [0.3, 0.4) is 0 Å². The first-order valence-electron chi connectivity index (χ1n) is 8.09. The molecule has 0 aliphatic heterocycles. The maximum Gasteiger partial charge on any atom is 0.329 e. The van der Waals surface area contributed by atoms with Crippen molar-refractivity contribution in [3.05, 3.63) is 56.7 Å². The van der Waals surface area contributed by atoms with Crippen LogP contribution in [0.25, 0.3) is 11.2 Å². The molecule has 0 unspecified atom stereocenters. The Kier molecular flexibility index (Phi) is 4.50. The van der Waals surface area contributed by atoms with Crippen LogP contribution in [0.4, 0.5) is 5.95 Å². The summed E-state index contributed by atoms with van der Waals surface area (Å²) in [6.45, 7) is 3.36. The minimum atomic E-state index is -0.456. The Hall–Kier alpha value is -2.83. The van der Waals surface area contributed by atoms with Gasteiger partial charge >= 0.3 is 5.69 Å². The third-order valence-electron chi connectivity index (χ3n) is 4.04. The number of unbranched alkanes of at least 4 members (excludes halogenated alkanes) is 1. The maximum atomic E-state index is 12.3. The van der Waals surface area contributed by atoms with E-state index in [4.69, 9.17) is 0 Å². The second-order valence-electron chi connectivity index (χ2n) is 5.77. The lowest BCUT2D eigenvalue weighted by Gasteiger charge is -2.10. The molecule has 0 bridgehead atoms. The molecule has 0 amide bonds. The number of aromatic nitrogens is 4. The predicted molar refractivity (Wildman–Crippen MR) is 94.3 cm³/mol. The minimum Gasteiger partial charge on any atom is -0.352 e. The zero-order valence-corrected chi connectivity index (χ0v) is 13.9. The van der Waals surface area contributed by atoms with E-state index in [1.165, 1.54) is 4.57 Å². The average molecular weight is 327 g/mol. The van der Waals surface area contributed by atoms with Crippen molar-refractivity contribution in [2.75, 3.05) is 5.32 Å². The van der Waals surface area contributed by atoms with Gasteiger partial charge in [0.05, 0.1) is 0 Å². The van der Waals surface area contributed by atoms with Crippen molar-refractivity contribution in [2.24, 2.45) is 7.05 Å². The number of nitrogens with zero attached hydrogens (tertiary/aromatic N) is 3. The van der Waals surface area contributed by atoms with E-state index in [0.29, 0.717) is 30.2 Å². The summed E-state index contributed by atoms with van der Waals surface area (Å²) in [6.07, 6.45) is 1.93. The number of imidazole rings is 1. The van der Waals surface area contributed by atoms with Crippen LogP contribution in [0.1, 0.15) is 25.3 Å². The molecule has 0 saturated heterocycles. The molecule has 0 atom stereocenters. The number of hydrogen-bond acceptors (Lipinski definition) is 4. The second kappa shape index (κ2) is 6.74. The summed E-state index contributed by atoms with van der Waals surface area (Å²) in [5, 5.41) is 3.29. The molecular weight excluding hydrogens is 306 g/mol. The lowest BCUT2D eigenvalue weighted by atomic mass is 10.2. The van der Waals surface area contributed by atoms with Gasteiger partial charge in [0.25, 0.3) is 5.56 Å². The van der Waals surface area contributed by atoms with Crippen LogP contribution in [0.2, 0.25) is 0 Å². The molecule has 126 valence electrons. The number of benzene rings is 1. The molecule has 2 aromatic heterocycles. The Morgan fingerprint density at radius 3 is 2.67 bits per heavy atom. The molecule has 0 fully saturated rings. The number of fused-ring (bicyclic) bond motifs is 1. The molecule has 0 aliphatic rings. The summed E-state index contributed by atoms with van der Waals surface area (Å²) < 4.78 is 3.23. The first-order valence-corrected chi connectivity index (χ1v) is 8.09. The smallest absolute Gasteiger partial charge is 0.329 e. The number of hydrogen-bond donors (Lipinski definition) is 2. The van der Waals surface area contributed by atoms with Gasteiger partial charge in [0, 0.05) is 20.1 Å². The molecule has 3 rings (SSSR count). The molecule has 0 saturated carbocycles. The highest BCUT2D eigenvalue weighted by atomic mass is 16.2. The highest BCUT2D eigenvalue weighted by Crippen LogP contribution is 2.17. The van der Waals surface area contributed by atoms with E-state index in [2.05, 4.69) is 22.2 Å². The van der Waals surface area contributed by atoms with Crippen LogP contribution in [-0.4, -0.2) is 19.1 Å². The molecule has 7 nitrogen and oxygen atoms in total. The standard InChI is InChI=1S/C17H21N5O2/c1-3-4-10-22-13-14(21(2)17(24)20-15(13)23)19-16(22)18-11-12-8-6-5-7-9-12/h5-9H,3-4,10-11H2,1-2H3,(H,18,19)(H,20,23,24). The number of aryl methyl sites for hydroxylation is 2. The molecular formula is C17H21N5O2. The number of anilines is 1. The fraction of sp³-hybridized carbons (Fsp3) is 0.353. The molecule has 24 heavy (non-hydrogen) atoms. The molecule has 2 N–H and O–H groups in total. The Balaban J connectivity index is 2.05. The number of rotatable bonds is 6. The van der Waals surface area contributed by atoms with Gasteiger partial charge in [0.2, 0.25) is 5.95 Å². The van der Waals surface area contributed by atoms with E-state index in [9.17, 15) is 9.59 Å². The van der Waals surface area contributed by atoms with Gasteiger partial charge in [-0.3, -0.25) is 14.3 Å². The van der Waals surface area contributed by atoms with Crippen LogP contribution in [0.15, 0.2) is 39.9 Å². The largest absolute Gasteiger partial charge is 0.352 e. The third kappa shape index (κ3) is 2.97. The van der Waals surface area contributed by atoms with Crippen LogP contribution in [0, 0.1) is 0 Å². The Bertz CT molecular complexity index is 953. The Morgan fingerprint density at radius 1 is 1.21 bits per heavy atom. The summed E-state index contributed by atoms with van der Waals surface area (Å²) in [7, 11) is 1.61. The van der Waals surface area contributed by atoms with E-state index >= 15 is 0 Å². The van der Waals surface area contributed by atoms with Gasteiger partial charge in [0.15, 0.2) is 11.2 Å². The van der Waals surface area contributed by atoms with E-state index < -0.39 is 11.2 Å². The summed E-state index contributed by atoms with van der Waals surface area (Å²) in [5.74, 6) is 0.606. The fourth-order valence-electron chi connectivity index (χ4n) is 2.68. The zero-order valence-electron chi connectivity index (χ0n) is 13.9. The van der Waals surface area contributed by atoms with Crippen molar-refractivity contribution in [3.8, 4) is 0 Å². The highest BCUT2D eigenvalue weighted by Gasteiger charge is 2.16. The molecule has 3 aromatic rings. The van der Waals surface area contributed by atoms with Crippen molar-refractivity contribution < 1.29 is 0 Å². The second-order valence-corrected chi connectivity index (χ2v) is 5.77. The predicted octanol–water partition coefficient (Wildman–Crippen LogP) is 1.84. The van der Waals surface area contributed by atoms with Crippen molar-refractivity contribution in [3.63, 3.8) is 0 Å². The molecule has 1 aromatic carbocycles.